The molecule has 0 aromatic heterocycles. The molecule has 0 unspecified atom stereocenters. The summed E-state index contributed by atoms with van der Waals surface area (Å²) in [6, 6.07) is 5.48. The third-order valence-corrected chi connectivity index (χ3v) is 1.39. The van der Waals surface area contributed by atoms with Gasteiger partial charge in [-0.15, -0.1) is 0 Å². The third-order valence-electron chi connectivity index (χ3n) is 1.39. The van der Waals surface area contributed by atoms with Gasteiger partial charge in [0.1, 0.15) is 0 Å². The van der Waals surface area contributed by atoms with Crippen molar-refractivity contribution in [1.29, 1.82) is 0 Å². The van der Waals surface area contributed by atoms with Crippen LogP contribution in [0.4, 0.5) is 0 Å². The first kappa shape index (κ1) is 43.1. The van der Waals surface area contributed by atoms with E-state index in [2.05, 4.69) is 0 Å². The van der Waals surface area contributed by atoms with Crippen molar-refractivity contribution in [3.8, 4) is 0 Å². The summed E-state index contributed by atoms with van der Waals surface area (Å²) in [6.07, 6.45) is 0. The molecule has 114 valence electrons. The van der Waals surface area contributed by atoms with E-state index in [1.807, 2.05) is 0 Å². The van der Waals surface area contributed by atoms with E-state index in [0.717, 1.165) is 0 Å². The van der Waals surface area contributed by atoms with Gasteiger partial charge in [-0.05, 0) is 12.1 Å². The van der Waals surface area contributed by atoms with Crippen LogP contribution in [0.3, 0.4) is 0 Å². The van der Waals surface area contributed by atoms with E-state index in [4.69, 9.17) is 10.2 Å². The monoisotopic (exact) mass is 300 g/mol. The van der Waals surface area contributed by atoms with Crippen molar-refractivity contribution in [2.45, 2.75) is 0 Å². The summed E-state index contributed by atoms with van der Waals surface area (Å²) in [4.78, 5) is 20.9. The number of carboxylic acids is 2. The molecular formula is C8H20MgO10. The molecule has 0 spiro atoms. The molecule has 14 N–H and O–H groups in total. The molecule has 0 fully saturated rings. The van der Waals surface area contributed by atoms with Crippen LogP contribution in [0.5, 0.6) is 0 Å². The summed E-state index contributed by atoms with van der Waals surface area (Å²) in [7, 11) is 0. The van der Waals surface area contributed by atoms with Gasteiger partial charge in [0.25, 0.3) is 0 Å². The van der Waals surface area contributed by atoms with Crippen LogP contribution in [-0.4, -0.2) is 78.1 Å². The molecule has 1 rings (SSSR count). The summed E-state index contributed by atoms with van der Waals surface area (Å²) in [5.74, 6) is -2.46. The van der Waals surface area contributed by atoms with Crippen LogP contribution in [0.1, 0.15) is 23.6 Å². The van der Waals surface area contributed by atoms with E-state index in [-0.39, 0.29) is 69.9 Å². The number of aromatic carboxylic acids is 2. The molecule has 0 aliphatic carbocycles. The summed E-state index contributed by atoms with van der Waals surface area (Å²) >= 11 is 0. The molecule has 0 saturated carbocycles. The van der Waals surface area contributed by atoms with Gasteiger partial charge in [-0.3, -0.25) is 0 Å². The first-order chi connectivity index (χ1) is 5.63. The van der Waals surface area contributed by atoms with Crippen molar-refractivity contribution in [3.05, 3.63) is 35.4 Å². The van der Waals surface area contributed by atoms with Crippen molar-refractivity contribution >= 4 is 35.0 Å². The fourth-order valence-electron chi connectivity index (χ4n) is 0.856. The minimum atomic E-state index is -1.23. The second kappa shape index (κ2) is 19.0. The quantitative estimate of drug-likeness (QED) is 0.516. The topological polar surface area (TPSA) is 264 Å². The average Bonchev–Trinajstić information content (AvgIpc) is 2.04. The van der Waals surface area contributed by atoms with Gasteiger partial charge >= 0.3 is 35.0 Å². The Hall–Kier alpha value is -1.31. The van der Waals surface area contributed by atoms with Crippen LogP contribution in [0.15, 0.2) is 24.3 Å². The van der Waals surface area contributed by atoms with Crippen LogP contribution in [0, 0.1) is 0 Å². The molecule has 0 radical (unpaired) electrons. The second-order valence-electron chi connectivity index (χ2n) is 2.16. The van der Waals surface area contributed by atoms with Gasteiger partial charge in [0.15, 0.2) is 0 Å². The maximum absolute atomic E-state index is 10.5. The summed E-state index contributed by atoms with van der Waals surface area (Å²) in [6.45, 7) is 0. The minimum Gasteiger partial charge on any atom is -1.00 e. The second-order valence-corrected chi connectivity index (χ2v) is 2.16. The molecule has 0 bridgehead atoms. The van der Waals surface area contributed by atoms with Gasteiger partial charge < -0.3 is 45.9 Å². The molecule has 0 atom stereocenters. The van der Waals surface area contributed by atoms with Gasteiger partial charge in [0, 0.05) is 0 Å². The van der Waals surface area contributed by atoms with E-state index >= 15 is 0 Å². The molecular weight excluding hydrogens is 280 g/mol. The van der Waals surface area contributed by atoms with Gasteiger partial charge in [0.05, 0.1) is 11.1 Å². The van der Waals surface area contributed by atoms with E-state index < -0.39 is 11.9 Å². The van der Waals surface area contributed by atoms with Crippen molar-refractivity contribution in [3.63, 3.8) is 0 Å². The van der Waals surface area contributed by atoms with E-state index in [1.54, 1.807) is 0 Å². The Kier molecular flexibility index (Phi) is 43.2. The Bertz CT molecular complexity index is 319. The molecule has 0 aliphatic rings. The third kappa shape index (κ3) is 11.5. The van der Waals surface area contributed by atoms with Crippen LogP contribution in [0.25, 0.3) is 0 Å². The Morgan fingerprint density at radius 1 is 0.737 bits per heavy atom. The van der Waals surface area contributed by atoms with Crippen molar-refractivity contribution in [2.75, 3.05) is 0 Å². The van der Waals surface area contributed by atoms with Crippen molar-refractivity contribution in [1.82, 2.24) is 0 Å². The first-order valence-electron chi connectivity index (χ1n) is 3.18. The van der Waals surface area contributed by atoms with E-state index in [9.17, 15) is 9.59 Å². The van der Waals surface area contributed by atoms with Crippen LogP contribution >= 0.6 is 0 Å². The normalized spacial score (nSPS) is 5.89. The fraction of sp³-hybridized carbons (Fsp3) is 0. The molecule has 0 heterocycles. The largest absolute Gasteiger partial charge is 2.00 e. The van der Waals surface area contributed by atoms with Crippen molar-refractivity contribution in [2.24, 2.45) is 0 Å². The number of benzene rings is 1. The maximum Gasteiger partial charge on any atom is 2.00 e. The molecule has 0 amide bonds. The Morgan fingerprint density at radius 2 is 0.947 bits per heavy atom. The predicted molar refractivity (Wildman–Crippen MR) is 70.0 cm³/mol. The Balaban J connectivity index is -0.0000000229. The fourth-order valence-corrected chi connectivity index (χ4v) is 0.856. The van der Waals surface area contributed by atoms with Crippen LogP contribution in [0.2, 0.25) is 0 Å². The zero-order valence-electron chi connectivity index (χ0n) is 11.7. The summed E-state index contributed by atoms with van der Waals surface area (Å²) in [5, 5.41) is 17.1. The molecule has 19 heavy (non-hydrogen) atoms. The molecule has 10 nitrogen and oxygen atoms in total. The number of rotatable bonds is 2. The number of hydrogen-bond acceptors (Lipinski definition) is 2. The summed E-state index contributed by atoms with van der Waals surface area (Å²) in [5.41, 5.74) is -0.380. The molecule has 0 aliphatic heterocycles. The number of carbonyl (C=O) groups is 2. The van der Waals surface area contributed by atoms with E-state index in [1.165, 1.54) is 24.3 Å². The van der Waals surface area contributed by atoms with Gasteiger partial charge in [-0.1, -0.05) is 12.1 Å². The zero-order valence-corrected chi connectivity index (χ0v) is 11.1. The predicted octanol–water partition coefficient (Wildman–Crippen LogP) is -4.02. The average molecular weight is 301 g/mol. The molecule has 11 heteroatoms. The van der Waals surface area contributed by atoms with Gasteiger partial charge in [-0.25, -0.2) is 9.59 Å². The minimum absolute atomic E-state index is 0. The number of hydrogen-bond donors (Lipinski definition) is 2. The SMILES string of the molecule is O.O.O.O.O.O.O=C(O)c1ccccc1C(=O)O.[H-].[H-].[Mg+2]. The first-order valence-corrected chi connectivity index (χ1v) is 3.18. The maximum atomic E-state index is 10.5. The van der Waals surface area contributed by atoms with Gasteiger partial charge in [-0.2, -0.15) is 0 Å². The van der Waals surface area contributed by atoms with Crippen LogP contribution < -0.4 is 0 Å². The Labute approximate surface area is 126 Å². The van der Waals surface area contributed by atoms with Gasteiger partial charge in [0.2, 0.25) is 0 Å². The number of carboxylic acid groups (broad SMARTS) is 2. The molecule has 0 saturated heterocycles. The molecule has 1 aromatic rings. The zero-order chi connectivity index (χ0) is 9.14. The van der Waals surface area contributed by atoms with Crippen molar-refractivity contribution < 1.29 is 55.5 Å². The van der Waals surface area contributed by atoms with Crippen LogP contribution in [-0.2, 0) is 0 Å². The Morgan fingerprint density at radius 3 is 1.11 bits per heavy atom. The summed E-state index contributed by atoms with van der Waals surface area (Å²) < 4.78 is 0. The van der Waals surface area contributed by atoms with E-state index in [0.29, 0.717) is 0 Å². The molecule has 1 aromatic carbocycles. The standard InChI is InChI=1S/C8H6O4.Mg.6H2O.2H/c9-7(10)5-3-1-2-4-6(5)8(11)12;;;;;;;;;/h1-4H,(H,9,10)(H,11,12);;6*1H2;;/q;+2;;;;;;;2*-1. The smallest absolute Gasteiger partial charge is 1.00 e.